The van der Waals surface area contributed by atoms with Gasteiger partial charge in [-0.25, -0.2) is 4.57 Å². The highest BCUT2D eigenvalue weighted by Crippen LogP contribution is 2.43. The van der Waals surface area contributed by atoms with Crippen molar-refractivity contribution in [2.45, 2.75) is 174 Å². The zero-order valence-corrected chi connectivity index (χ0v) is 33.7. The van der Waals surface area contributed by atoms with Crippen molar-refractivity contribution in [3.8, 4) is 0 Å². The molecule has 0 aliphatic carbocycles. The maximum atomic E-state index is 12.6. The van der Waals surface area contributed by atoms with Crippen LogP contribution in [0.4, 0.5) is 0 Å². The van der Waals surface area contributed by atoms with Crippen molar-refractivity contribution in [2.24, 2.45) is 5.73 Å². The molecule has 0 aliphatic heterocycles. The van der Waals surface area contributed by atoms with Crippen LogP contribution in [0.15, 0.2) is 48.6 Å². The van der Waals surface area contributed by atoms with Crippen LogP contribution < -0.4 is 5.73 Å². The monoisotopic (exact) mass is 769 g/mol. The van der Waals surface area contributed by atoms with Gasteiger partial charge in [-0.2, -0.15) is 0 Å². The fraction of sp³-hybridized carbons (Fsp3) is 0.732. The molecule has 0 heterocycles. The minimum Gasteiger partial charge on any atom is -0.480 e. The van der Waals surface area contributed by atoms with Gasteiger partial charge in [-0.1, -0.05) is 146 Å². The number of nitrogens with two attached hydrogens (primary N) is 1. The average molecular weight is 770 g/mol. The van der Waals surface area contributed by atoms with Gasteiger partial charge in [-0.15, -0.1) is 0 Å². The second-order valence-corrected chi connectivity index (χ2v) is 14.8. The van der Waals surface area contributed by atoms with Gasteiger partial charge in [0.05, 0.1) is 13.2 Å². The van der Waals surface area contributed by atoms with E-state index in [0.29, 0.717) is 12.8 Å². The van der Waals surface area contributed by atoms with Gasteiger partial charge in [0.15, 0.2) is 6.10 Å². The van der Waals surface area contributed by atoms with Crippen LogP contribution in [0.2, 0.25) is 0 Å². The van der Waals surface area contributed by atoms with E-state index in [1.165, 1.54) is 64.2 Å². The van der Waals surface area contributed by atoms with Gasteiger partial charge in [-0.3, -0.25) is 23.4 Å². The summed E-state index contributed by atoms with van der Waals surface area (Å²) in [6.07, 6.45) is 39.0. The van der Waals surface area contributed by atoms with Crippen LogP contribution in [-0.4, -0.2) is 59.9 Å². The smallest absolute Gasteiger partial charge is 0.472 e. The number of rotatable bonds is 37. The van der Waals surface area contributed by atoms with Crippen LogP contribution in [-0.2, 0) is 37.5 Å². The zero-order chi connectivity index (χ0) is 39.3. The lowest BCUT2D eigenvalue weighted by atomic mass is 10.0. The first kappa shape index (κ1) is 50.4. The molecule has 4 N–H and O–H groups in total. The van der Waals surface area contributed by atoms with E-state index in [9.17, 15) is 23.8 Å². The summed E-state index contributed by atoms with van der Waals surface area (Å²) in [5.74, 6) is -2.43. The van der Waals surface area contributed by atoms with E-state index < -0.39 is 51.1 Å². The number of carboxylic acids is 1. The van der Waals surface area contributed by atoms with E-state index in [1.807, 2.05) is 0 Å². The van der Waals surface area contributed by atoms with Crippen molar-refractivity contribution in [3.05, 3.63) is 48.6 Å². The lowest BCUT2D eigenvalue weighted by Crippen LogP contribution is -2.34. The quantitative estimate of drug-likeness (QED) is 0.0238. The van der Waals surface area contributed by atoms with Crippen molar-refractivity contribution in [3.63, 3.8) is 0 Å². The molecule has 0 aromatic heterocycles. The number of carbonyl (C=O) groups is 3. The standard InChI is InChI=1S/C41H72NO10P/c1-3-5-7-9-11-13-15-17-19-21-23-25-27-29-31-33-40(44)52-37(35-50-53(47,48)51-36-38(42)41(45)46)34-49-39(43)32-30-28-26-24-22-20-18-16-14-12-10-8-6-4-2/h5,7,11,13,17,19,23,25,37-38H,3-4,6,8-10,12,14-16,18,20-22,24,26-36,42H2,1-2H3,(H,45,46)(H,47,48)/b7-5+,13-11+,19-17+,25-23+/t37-,38+/m1/s1. The highest BCUT2D eigenvalue weighted by molar-refractivity contribution is 7.47. The molecule has 0 saturated heterocycles. The van der Waals surface area contributed by atoms with Crippen molar-refractivity contribution in [1.29, 1.82) is 0 Å². The normalized spacial score (nSPS) is 14.3. The predicted octanol–water partition coefficient (Wildman–Crippen LogP) is 10.2. The zero-order valence-electron chi connectivity index (χ0n) is 32.8. The summed E-state index contributed by atoms with van der Waals surface area (Å²) in [7, 11) is -4.72. The molecule has 306 valence electrons. The Kier molecular flexibility index (Phi) is 34.7. The Morgan fingerprint density at radius 1 is 0.604 bits per heavy atom. The molecular weight excluding hydrogens is 697 g/mol. The molecule has 0 aromatic carbocycles. The van der Waals surface area contributed by atoms with Crippen LogP contribution in [0, 0.1) is 0 Å². The van der Waals surface area contributed by atoms with Crippen molar-refractivity contribution >= 4 is 25.7 Å². The molecule has 0 radical (unpaired) electrons. The molecule has 12 heteroatoms. The number of carboxylic acid groups (broad SMARTS) is 1. The maximum absolute atomic E-state index is 12.6. The van der Waals surface area contributed by atoms with Crippen LogP contribution in [0.1, 0.15) is 162 Å². The van der Waals surface area contributed by atoms with Gasteiger partial charge < -0.3 is 25.2 Å². The number of allylic oxidation sites excluding steroid dienone is 8. The molecule has 3 atom stereocenters. The first-order chi connectivity index (χ1) is 25.6. The molecule has 53 heavy (non-hydrogen) atoms. The van der Waals surface area contributed by atoms with E-state index >= 15 is 0 Å². The Hall–Kier alpha value is -2.56. The third kappa shape index (κ3) is 36.2. The van der Waals surface area contributed by atoms with Gasteiger partial charge in [0.25, 0.3) is 0 Å². The highest BCUT2D eigenvalue weighted by Gasteiger charge is 2.28. The van der Waals surface area contributed by atoms with Crippen molar-refractivity contribution < 1.29 is 47.5 Å². The van der Waals surface area contributed by atoms with E-state index in [0.717, 1.165) is 57.8 Å². The summed E-state index contributed by atoms with van der Waals surface area (Å²) in [5.41, 5.74) is 5.32. The van der Waals surface area contributed by atoms with Gasteiger partial charge >= 0.3 is 25.7 Å². The van der Waals surface area contributed by atoms with E-state index in [1.54, 1.807) is 0 Å². The molecule has 0 fully saturated rings. The minimum atomic E-state index is -4.72. The lowest BCUT2D eigenvalue weighted by molar-refractivity contribution is -0.161. The number of phosphoric ester groups is 1. The molecule has 0 spiro atoms. The molecule has 0 bridgehead atoms. The first-order valence-corrected chi connectivity index (χ1v) is 21.7. The Labute approximate surface area is 320 Å². The minimum absolute atomic E-state index is 0.109. The summed E-state index contributed by atoms with van der Waals surface area (Å²) in [4.78, 5) is 45.8. The van der Waals surface area contributed by atoms with Gasteiger partial charge in [0.1, 0.15) is 12.6 Å². The summed E-state index contributed by atoms with van der Waals surface area (Å²) in [5, 5.41) is 8.87. The van der Waals surface area contributed by atoms with Crippen molar-refractivity contribution in [1.82, 2.24) is 0 Å². The predicted molar refractivity (Wildman–Crippen MR) is 212 cm³/mol. The second kappa shape index (κ2) is 36.4. The van der Waals surface area contributed by atoms with E-state index in [2.05, 4.69) is 67.0 Å². The number of aliphatic carboxylic acids is 1. The Morgan fingerprint density at radius 3 is 1.58 bits per heavy atom. The summed E-state index contributed by atoms with van der Waals surface area (Å²) < 4.78 is 32.6. The van der Waals surface area contributed by atoms with Crippen LogP contribution in [0.25, 0.3) is 0 Å². The fourth-order valence-corrected chi connectivity index (χ4v) is 5.95. The molecule has 1 unspecified atom stereocenters. The van der Waals surface area contributed by atoms with Crippen LogP contribution >= 0.6 is 7.82 Å². The highest BCUT2D eigenvalue weighted by atomic mass is 31.2. The summed E-state index contributed by atoms with van der Waals surface area (Å²) in [6.45, 7) is 2.63. The Bertz CT molecular complexity index is 1090. The number of esters is 2. The number of ether oxygens (including phenoxy) is 2. The first-order valence-electron chi connectivity index (χ1n) is 20.2. The second-order valence-electron chi connectivity index (χ2n) is 13.4. The molecule has 0 rings (SSSR count). The third-order valence-electron chi connectivity index (χ3n) is 8.34. The van der Waals surface area contributed by atoms with Gasteiger partial charge in [0, 0.05) is 12.8 Å². The maximum Gasteiger partial charge on any atom is 0.472 e. The third-order valence-corrected chi connectivity index (χ3v) is 9.29. The molecule has 0 amide bonds. The number of phosphoric acid groups is 1. The lowest BCUT2D eigenvalue weighted by Gasteiger charge is -2.20. The van der Waals surface area contributed by atoms with Crippen LogP contribution in [0.3, 0.4) is 0 Å². The van der Waals surface area contributed by atoms with Crippen molar-refractivity contribution in [2.75, 3.05) is 19.8 Å². The topological polar surface area (TPSA) is 172 Å². The molecule has 11 nitrogen and oxygen atoms in total. The number of hydrogen-bond acceptors (Lipinski definition) is 9. The van der Waals surface area contributed by atoms with Gasteiger partial charge in [0.2, 0.25) is 0 Å². The number of carbonyl (C=O) groups excluding carboxylic acids is 2. The largest absolute Gasteiger partial charge is 0.480 e. The SMILES string of the molecule is CC/C=C/C/C=C/C/C=C/C/C=C/CCCCC(=O)O[C@H](COC(=O)CCCCCCCCCCCCCCCC)COP(=O)(O)OC[C@H](N)C(=O)O. The summed E-state index contributed by atoms with van der Waals surface area (Å²) >= 11 is 0. The molecule has 0 aromatic rings. The molecule has 0 aliphatic rings. The average Bonchev–Trinajstić information content (AvgIpc) is 3.13. The Balaban J connectivity index is 4.48. The Morgan fingerprint density at radius 2 is 1.06 bits per heavy atom. The van der Waals surface area contributed by atoms with Gasteiger partial charge in [-0.05, 0) is 51.4 Å². The summed E-state index contributed by atoms with van der Waals surface area (Å²) in [6, 6.07) is -1.53. The number of hydrogen-bond donors (Lipinski definition) is 3. The van der Waals surface area contributed by atoms with E-state index in [-0.39, 0.29) is 19.4 Å². The van der Waals surface area contributed by atoms with Crippen LogP contribution in [0.5, 0.6) is 0 Å². The molecular formula is C41H72NO10P. The number of unbranched alkanes of at least 4 members (excludes halogenated alkanes) is 15. The molecule has 0 saturated carbocycles. The fourth-order valence-electron chi connectivity index (χ4n) is 5.17. The van der Waals surface area contributed by atoms with E-state index in [4.69, 9.17) is 24.8 Å².